The fourth-order valence-corrected chi connectivity index (χ4v) is 2.73. The number of aromatic nitrogens is 1. The van der Waals surface area contributed by atoms with Crippen LogP contribution in [-0.4, -0.2) is 16.3 Å². The van der Waals surface area contributed by atoms with Crippen LogP contribution in [0.5, 0.6) is 5.75 Å². The van der Waals surface area contributed by atoms with Crippen LogP contribution < -0.4 is 0 Å². The molecule has 0 spiro atoms. The van der Waals surface area contributed by atoms with Crippen LogP contribution in [-0.2, 0) is 12.8 Å². The molecule has 0 unspecified atom stereocenters. The molecule has 0 fully saturated rings. The minimum absolute atomic E-state index is 0.195. The lowest BCUT2D eigenvalue weighted by atomic mass is 10.0. The summed E-state index contributed by atoms with van der Waals surface area (Å²) in [5, 5.41) is 10.9. The summed E-state index contributed by atoms with van der Waals surface area (Å²) >= 11 is 0. The molecule has 0 aliphatic carbocycles. The van der Waals surface area contributed by atoms with E-state index in [-0.39, 0.29) is 5.75 Å². The monoisotopic (exact) mass is 304 g/mol. The predicted molar refractivity (Wildman–Crippen MR) is 95.9 cm³/mol. The van der Waals surface area contributed by atoms with Gasteiger partial charge in [-0.2, -0.15) is 0 Å². The van der Waals surface area contributed by atoms with Crippen LogP contribution in [0.15, 0.2) is 53.5 Å². The molecule has 0 aliphatic heterocycles. The van der Waals surface area contributed by atoms with Gasteiger partial charge in [-0.05, 0) is 36.1 Å². The minimum atomic E-state index is 0.195. The van der Waals surface area contributed by atoms with E-state index in [1.807, 2.05) is 24.3 Å². The molecule has 1 heterocycles. The number of aromatic hydroxyl groups is 1. The third-order valence-electron chi connectivity index (χ3n) is 4.01. The first kappa shape index (κ1) is 15.2. The van der Waals surface area contributed by atoms with Crippen LogP contribution in [0.2, 0.25) is 0 Å². The van der Waals surface area contributed by atoms with Crippen molar-refractivity contribution < 1.29 is 5.11 Å². The van der Waals surface area contributed by atoms with Gasteiger partial charge in [0.2, 0.25) is 0 Å². The van der Waals surface area contributed by atoms with E-state index in [4.69, 9.17) is 0 Å². The molecule has 23 heavy (non-hydrogen) atoms. The Balaban J connectivity index is 2.02. The van der Waals surface area contributed by atoms with E-state index < -0.39 is 0 Å². The van der Waals surface area contributed by atoms with Crippen molar-refractivity contribution in [3.63, 3.8) is 0 Å². The summed E-state index contributed by atoms with van der Waals surface area (Å²) in [6.45, 7) is 4.28. The zero-order valence-corrected chi connectivity index (χ0v) is 13.5. The lowest BCUT2D eigenvalue weighted by Crippen LogP contribution is -1.92. The summed E-state index contributed by atoms with van der Waals surface area (Å²) in [5.41, 5.74) is 4.87. The van der Waals surface area contributed by atoms with Crippen molar-refractivity contribution in [2.24, 2.45) is 4.99 Å². The third kappa shape index (κ3) is 3.09. The molecule has 2 aromatic carbocycles. The van der Waals surface area contributed by atoms with E-state index in [0.29, 0.717) is 5.52 Å². The average Bonchev–Trinajstić information content (AvgIpc) is 2.60. The SMILES string of the molecule is CCc1cccc(CC)c1N=Cc1ccc2cccc(O)c2n1. The van der Waals surface area contributed by atoms with Gasteiger partial charge in [-0.25, -0.2) is 4.98 Å². The van der Waals surface area contributed by atoms with Gasteiger partial charge in [-0.1, -0.05) is 50.2 Å². The molecule has 3 aromatic rings. The first-order valence-corrected chi connectivity index (χ1v) is 7.96. The van der Waals surface area contributed by atoms with Gasteiger partial charge >= 0.3 is 0 Å². The molecule has 1 aromatic heterocycles. The Morgan fingerprint density at radius 3 is 2.35 bits per heavy atom. The molecule has 0 saturated heterocycles. The Morgan fingerprint density at radius 2 is 1.65 bits per heavy atom. The van der Waals surface area contributed by atoms with Crippen LogP contribution in [0.1, 0.15) is 30.7 Å². The molecular weight excluding hydrogens is 284 g/mol. The summed E-state index contributed by atoms with van der Waals surface area (Å²) in [5.74, 6) is 0.195. The number of para-hydroxylation sites is 2. The van der Waals surface area contributed by atoms with Gasteiger partial charge in [0.15, 0.2) is 0 Å². The van der Waals surface area contributed by atoms with Gasteiger partial charge in [0.1, 0.15) is 11.3 Å². The number of rotatable bonds is 4. The molecule has 3 nitrogen and oxygen atoms in total. The lowest BCUT2D eigenvalue weighted by molar-refractivity contribution is 0.480. The summed E-state index contributed by atoms with van der Waals surface area (Å²) in [6.07, 6.45) is 3.68. The molecule has 0 amide bonds. The maximum absolute atomic E-state index is 9.94. The number of hydrogen-bond donors (Lipinski definition) is 1. The number of aryl methyl sites for hydroxylation is 2. The standard InChI is InChI=1S/C20H20N2O/c1-3-14-7-5-8-15(4-2)19(14)21-13-17-12-11-16-9-6-10-18(23)20(16)22-17/h5-13,23H,3-4H2,1-2H3. The number of aliphatic imine (C=N–C) groups is 1. The Bertz CT molecular complexity index is 846. The molecular formula is C20H20N2O. The molecule has 3 rings (SSSR count). The maximum Gasteiger partial charge on any atom is 0.141 e. The maximum atomic E-state index is 9.94. The first-order valence-electron chi connectivity index (χ1n) is 7.96. The van der Waals surface area contributed by atoms with E-state index in [1.165, 1.54) is 11.1 Å². The van der Waals surface area contributed by atoms with Crippen molar-refractivity contribution in [3.05, 3.63) is 65.4 Å². The second kappa shape index (κ2) is 6.61. The van der Waals surface area contributed by atoms with Crippen molar-refractivity contribution >= 4 is 22.8 Å². The van der Waals surface area contributed by atoms with Crippen molar-refractivity contribution in [2.75, 3.05) is 0 Å². The number of nitrogens with zero attached hydrogens (tertiary/aromatic N) is 2. The van der Waals surface area contributed by atoms with Crippen molar-refractivity contribution in [3.8, 4) is 5.75 Å². The second-order valence-electron chi connectivity index (χ2n) is 5.48. The van der Waals surface area contributed by atoms with Gasteiger partial charge in [-0.15, -0.1) is 0 Å². The highest BCUT2D eigenvalue weighted by atomic mass is 16.3. The van der Waals surface area contributed by atoms with Crippen LogP contribution in [0, 0.1) is 0 Å². The topological polar surface area (TPSA) is 45.5 Å². The van der Waals surface area contributed by atoms with Gasteiger partial charge in [0, 0.05) is 5.39 Å². The van der Waals surface area contributed by atoms with Crippen molar-refractivity contribution in [1.29, 1.82) is 0 Å². The van der Waals surface area contributed by atoms with Gasteiger partial charge in [-0.3, -0.25) is 4.99 Å². The number of pyridine rings is 1. The number of phenols is 1. The largest absolute Gasteiger partial charge is 0.506 e. The summed E-state index contributed by atoms with van der Waals surface area (Å²) in [6, 6.07) is 15.6. The Labute approximate surface area is 136 Å². The number of hydrogen-bond acceptors (Lipinski definition) is 3. The molecule has 0 radical (unpaired) electrons. The second-order valence-corrected chi connectivity index (χ2v) is 5.48. The predicted octanol–water partition coefficient (Wildman–Crippen LogP) is 4.82. The van der Waals surface area contributed by atoms with Gasteiger partial charge in [0.25, 0.3) is 0 Å². The van der Waals surface area contributed by atoms with E-state index in [0.717, 1.165) is 29.6 Å². The lowest BCUT2D eigenvalue weighted by Gasteiger charge is -2.08. The molecule has 3 heteroatoms. The minimum Gasteiger partial charge on any atom is -0.506 e. The normalized spacial score (nSPS) is 11.4. The fraction of sp³-hybridized carbons (Fsp3) is 0.200. The molecule has 0 saturated carbocycles. The van der Waals surface area contributed by atoms with Crippen LogP contribution >= 0.6 is 0 Å². The molecule has 0 bridgehead atoms. The van der Waals surface area contributed by atoms with Crippen molar-refractivity contribution in [2.45, 2.75) is 26.7 Å². The first-order chi connectivity index (χ1) is 11.2. The van der Waals surface area contributed by atoms with Crippen molar-refractivity contribution in [1.82, 2.24) is 4.98 Å². The summed E-state index contributed by atoms with van der Waals surface area (Å²) < 4.78 is 0. The van der Waals surface area contributed by atoms with E-state index >= 15 is 0 Å². The fourth-order valence-electron chi connectivity index (χ4n) is 2.73. The third-order valence-corrected chi connectivity index (χ3v) is 4.01. The zero-order chi connectivity index (χ0) is 16.2. The Hall–Kier alpha value is -2.68. The number of fused-ring (bicyclic) bond motifs is 1. The molecule has 0 aliphatic rings. The van der Waals surface area contributed by atoms with Crippen LogP contribution in [0.4, 0.5) is 5.69 Å². The Kier molecular flexibility index (Phi) is 4.38. The van der Waals surface area contributed by atoms with Crippen LogP contribution in [0.3, 0.4) is 0 Å². The Morgan fingerprint density at radius 1 is 0.957 bits per heavy atom. The smallest absolute Gasteiger partial charge is 0.141 e. The molecule has 1 N–H and O–H groups in total. The van der Waals surface area contributed by atoms with Crippen LogP contribution in [0.25, 0.3) is 10.9 Å². The highest BCUT2D eigenvalue weighted by molar-refractivity contribution is 5.89. The van der Waals surface area contributed by atoms with Gasteiger partial charge in [0.05, 0.1) is 17.6 Å². The molecule has 0 atom stereocenters. The zero-order valence-electron chi connectivity index (χ0n) is 13.5. The summed E-state index contributed by atoms with van der Waals surface area (Å²) in [4.78, 5) is 9.19. The highest BCUT2D eigenvalue weighted by Gasteiger charge is 2.05. The number of benzene rings is 2. The quantitative estimate of drug-likeness (QED) is 0.703. The average molecular weight is 304 g/mol. The number of phenolic OH excluding ortho intramolecular Hbond substituents is 1. The van der Waals surface area contributed by atoms with E-state index in [9.17, 15) is 5.11 Å². The highest BCUT2D eigenvalue weighted by Crippen LogP contribution is 2.26. The van der Waals surface area contributed by atoms with Gasteiger partial charge < -0.3 is 5.11 Å². The van der Waals surface area contributed by atoms with E-state index in [1.54, 1.807) is 12.3 Å². The summed E-state index contributed by atoms with van der Waals surface area (Å²) in [7, 11) is 0. The molecule has 116 valence electrons. The van der Waals surface area contributed by atoms with E-state index in [2.05, 4.69) is 42.0 Å².